The first-order chi connectivity index (χ1) is 10.6. The minimum atomic E-state index is 0.109. The zero-order valence-corrected chi connectivity index (χ0v) is 13.7. The van der Waals surface area contributed by atoms with Gasteiger partial charge in [0.25, 0.3) is 0 Å². The summed E-state index contributed by atoms with van der Waals surface area (Å²) in [6.07, 6.45) is 2.19. The van der Waals surface area contributed by atoms with Crippen molar-refractivity contribution in [1.82, 2.24) is 9.97 Å². The van der Waals surface area contributed by atoms with Gasteiger partial charge in [0.05, 0.1) is 11.6 Å². The van der Waals surface area contributed by atoms with Crippen LogP contribution in [0.4, 0.5) is 5.95 Å². The number of aryl methyl sites for hydroxylation is 2. The number of benzene rings is 1. The van der Waals surface area contributed by atoms with E-state index in [0.29, 0.717) is 5.02 Å². The molecule has 1 aromatic carbocycles. The largest absolute Gasteiger partial charge is 0.487 e. The van der Waals surface area contributed by atoms with Crippen LogP contribution >= 0.6 is 11.6 Å². The fourth-order valence-corrected chi connectivity index (χ4v) is 2.96. The second kappa shape index (κ2) is 6.53. The van der Waals surface area contributed by atoms with Crippen molar-refractivity contribution >= 4 is 17.5 Å². The van der Waals surface area contributed by atoms with Crippen molar-refractivity contribution in [3.05, 3.63) is 46.7 Å². The molecule has 4 nitrogen and oxygen atoms in total. The van der Waals surface area contributed by atoms with E-state index in [9.17, 15) is 0 Å². The summed E-state index contributed by atoms with van der Waals surface area (Å²) in [5.74, 6) is 1.54. The molecule has 0 bridgehead atoms. The van der Waals surface area contributed by atoms with Gasteiger partial charge in [-0.05, 0) is 44.9 Å². The van der Waals surface area contributed by atoms with Crippen molar-refractivity contribution in [1.29, 1.82) is 0 Å². The maximum atomic E-state index is 6.18. The summed E-state index contributed by atoms with van der Waals surface area (Å²) in [7, 11) is 0. The monoisotopic (exact) mass is 317 g/mol. The van der Waals surface area contributed by atoms with Crippen LogP contribution in [0.25, 0.3) is 0 Å². The van der Waals surface area contributed by atoms with Gasteiger partial charge in [-0.25, -0.2) is 9.97 Å². The number of aromatic nitrogens is 2. The van der Waals surface area contributed by atoms with Gasteiger partial charge in [-0.2, -0.15) is 0 Å². The molecule has 116 valence electrons. The Bertz CT molecular complexity index is 642. The third kappa shape index (κ3) is 3.50. The highest BCUT2D eigenvalue weighted by molar-refractivity contribution is 6.32. The molecule has 1 fully saturated rings. The topological polar surface area (TPSA) is 38.2 Å². The maximum Gasteiger partial charge on any atom is 0.225 e. The Balaban J connectivity index is 1.73. The molecule has 0 spiro atoms. The summed E-state index contributed by atoms with van der Waals surface area (Å²) in [5, 5.41) is 0.655. The van der Waals surface area contributed by atoms with Gasteiger partial charge in [0.15, 0.2) is 0 Å². The van der Waals surface area contributed by atoms with E-state index in [-0.39, 0.29) is 6.10 Å². The lowest BCUT2D eigenvalue weighted by atomic mass is 10.1. The lowest BCUT2D eigenvalue weighted by Crippen LogP contribution is -2.42. The van der Waals surface area contributed by atoms with Crippen LogP contribution in [0.3, 0.4) is 0 Å². The van der Waals surface area contributed by atoms with Crippen LogP contribution in [-0.4, -0.2) is 29.2 Å². The average Bonchev–Trinajstić information content (AvgIpc) is 2.49. The van der Waals surface area contributed by atoms with E-state index in [1.807, 2.05) is 44.2 Å². The van der Waals surface area contributed by atoms with E-state index in [4.69, 9.17) is 16.3 Å². The van der Waals surface area contributed by atoms with Crippen LogP contribution in [0.1, 0.15) is 24.2 Å². The fourth-order valence-electron chi connectivity index (χ4n) is 2.78. The van der Waals surface area contributed by atoms with Gasteiger partial charge < -0.3 is 9.64 Å². The van der Waals surface area contributed by atoms with E-state index < -0.39 is 0 Å². The van der Waals surface area contributed by atoms with Crippen LogP contribution < -0.4 is 9.64 Å². The summed E-state index contributed by atoms with van der Waals surface area (Å²) in [6.45, 7) is 5.75. The average molecular weight is 318 g/mol. The molecule has 1 unspecified atom stereocenters. The number of nitrogens with zero attached hydrogens (tertiary/aromatic N) is 3. The summed E-state index contributed by atoms with van der Waals surface area (Å²) in [5.41, 5.74) is 1.99. The molecule has 0 aliphatic carbocycles. The maximum absolute atomic E-state index is 6.18. The standard InChI is InChI=1S/C17H20ClN3O/c1-12-10-13(2)20-17(19-12)21-9-5-6-14(11-21)22-16-8-4-3-7-15(16)18/h3-4,7-8,10,14H,5-6,9,11H2,1-2H3. The molecule has 1 saturated heterocycles. The summed E-state index contributed by atoms with van der Waals surface area (Å²) < 4.78 is 6.07. The molecule has 2 aromatic rings. The number of anilines is 1. The molecule has 0 amide bonds. The SMILES string of the molecule is Cc1cc(C)nc(N2CCCC(Oc3ccccc3Cl)C2)n1. The molecule has 22 heavy (non-hydrogen) atoms. The highest BCUT2D eigenvalue weighted by atomic mass is 35.5. The fraction of sp³-hybridized carbons (Fsp3) is 0.412. The molecule has 2 heterocycles. The van der Waals surface area contributed by atoms with Gasteiger partial charge >= 0.3 is 0 Å². The second-order valence-electron chi connectivity index (χ2n) is 5.71. The molecule has 1 aromatic heterocycles. The Morgan fingerprint density at radius 3 is 2.64 bits per heavy atom. The molecule has 1 atom stereocenters. The van der Waals surface area contributed by atoms with E-state index in [1.165, 1.54) is 0 Å². The molecule has 0 saturated carbocycles. The van der Waals surface area contributed by atoms with Gasteiger partial charge in [0, 0.05) is 17.9 Å². The number of ether oxygens (including phenoxy) is 1. The third-order valence-electron chi connectivity index (χ3n) is 3.76. The number of halogens is 1. The van der Waals surface area contributed by atoms with Crippen molar-refractivity contribution in [2.24, 2.45) is 0 Å². The first-order valence-corrected chi connectivity index (χ1v) is 7.98. The summed E-state index contributed by atoms with van der Waals surface area (Å²) in [4.78, 5) is 11.3. The van der Waals surface area contributed by atoms with Gasteiger partial charge in [-0.15, -0.1) is 0 Å². The van der Waals surface area contributed by atoms with Crippen molar-refractivity contribution in [2.45, 2.75) is 32.8 Å². The molecular weight excluding hydrogens is 298 g/mol. The predicted octanol–water partition coefficient (Wildman–Crippen LogP) is 3.79. The molecule has 3 rings (SSSR count). The zero-order chi connectivity index (χ0) is 15.5. The summed E-state index contributed by atoms with van der Waals surface area (Å²) >= 11 is 6.18. The Kier molecular flexibility index (Phi) is 4.48. The van der Waals surface area contributed by atoms with Gasteiger partial charge in [0.1, 0.15) is 11.9 Å². The van der Waals surface area contributed by atoms with Gasteiger partial charge in [-0.3, -0.25) is 0 Å². The lowest BCUT2D eigenvalue weighted by Gasteiger charge is -2.33. The van der Waals surface area contributed by atoms with E-state index in [1.54, 1.807) is 0 Å². The van der Waals surface area contributed by atoms with E-state index in [2.05, 4.69) is 14.9 Å². The minimum Gasteiger partial charge on any atom is -0.487 e. The number of para-hydroxylation sites is 1. The van der Waals surface area contributed by atoms with Crippen LogP contribution in [0, 0.1) is 13.8 Å². The van der Waals surface area contributed by atoms with Crippen LogP contribution in [0.5, 0.6) is 5.75 Å². The number of hydrogen-bond acceptors (Lipinski definition) is 4. The van der Waals surface area contributed by atoms with E-state index >= 15 is 0 Å². The highest BCUT2D eigenvalue weighted by Crippen LogP contribution is 2.27. The van der Waals surface area contributed by atoms with Crippen molar-refractivity contribution in [3.8, 4) is 5.75 Å². The van der Waals surface area contributed by atoms with Gasteiger partial charge in [0.2, 0.25) is 5.95 Å². The zero-order valence-electron chi connectivity index (χ0n) is 12.9. The Morgan fingerprint density at radius 1 is 1.18 bits per heavy atom. The number of hydrogen-bond donors (Lipinski definition) is 0. The normalized spacial score (nSPS) is 18.3. The molecule has 1 aliphatic heterocycles. The first-order valence-electron chi connectivity index (χ1n) is 7.60. The quantitative estimate of drug-likeness (QED) is 0.863. The third-order valence-corrected chi connectivity index (χ3v) is 4.07. The van der Waals surface area contributed by atoms with Crippen molar-refractivity contribution in [2.75, 3.05) is 18.0 Å². The Hall–Kier alpha value is -1.81. The Labute approximate surface area is 136 Å². The second-order valence-corrected chi connectivity index (χ2v) is 6.12. The smallest absolute Gasteiger partial charge is 0.225 e. The molecule has 0 N–H and O–H groups in total. The molecular formula is C17H20ClN3O. The molecule has 5 heteroatoms. The summed E-state index contributed by atoms with van der Waals surface area (Å²) in [6, 6.07) is 9.60. The van der Waals surface area contributed by atoms with Crippen molar-refractivity contribution in [3.63, 3.8) is 0 Å². The van der Waals surface area contributed by atoms with Crippen LogP contribution in [-0.2, 0) is 0 Å². The highest BCUT2D eigenvalue weighted by Gasteiger charge is 2.24. The van der Waals surface area contributed by atoms with Crippen LogP contribution in [0.15, 0.2) is 30.3 Å². The number of piperidine rings is 1. The lowest BCUT2D eigenvalue weighted by molar-refractivity contribution is 0.178. The number of rotatable bonds is 3. The predicted molar refractivity (Wildman–Crippen MR) is 88.8 cm³/mol. The van der Waals surface area contributed by atoms with Crippen LogP contribution in [0.2, 0.25) is 5.02 Å². The van der Waals surface area contributed by atoms with E-state index in [0.717, 1.165) is 49.0 Å². The first kappa shape index (κ1) is 15.1. The Morgan fingerprint density at radius 2 is 1.91 bits per heavy atom. The molecule has 0 radical (unpaired) electrons. The van der Waals surface area contributed by atoms with Gasteiger partial charge in [-0.1, -0.05) is 23.7 Å². The molecule has 1 aliphatic rings. The van der Waals surface area contributed by atoms with Crippen molar-refractivity contribution < 1.29 is 4.74 Å². The minimum absolute atomic E-state index is 0.109.